The monoisotopic (exact) mass is 338 g/mol. The standard InChI is InChI=1S/C18H26O6/c1-10-12(20)6-5-11-7-13(21)18(14(23-18)16(10,11)4)17(8-19)9-22-15(2,3)24-17/h7,10,12,14,19-20H,5-6,8-9H2,1-4H3. The number of ether oxygens (including phenoxy) is 3. The van der Waals surface area contributed by atoms with E-state index in [1.54, 1.807) is 19.9 Å². The van der Waals surface area contributed by atoms with Crippen LogP contribution in [0.3, 0.4) is 0 Å². The Balaban J connectivity index is 1.79. The summed E-state index contributed by atoms with van der Waals surface area (Å²) in [6.07, 6.45) is 2.18. The molecule has 0 aromatic carbocycles. The van der Waals surface area contributed by atoms with Crippen LogP contribution < -0.4 is 0 Å². The Morgan fingerprint density at radius 1 is 1.33 bits per heavy atom. The smallest absolute Gasteiger partial charge is 0.193 e. The van der Waals surface area contributed by atoms with Gasteiger partial charge in [-0.05, 0) is 38.7 Å². The zero-order valence-corrected chi connectivity index (χ0v) is 14.7. The van der Waals surface area contributed by atoms with Crippen molar-refractivity contribution in [3.05, 3.63) is 11.6 Å². The van der Waals surface area contributed by atoms with Crippen molar-refractivity contribution in [1.29, 1.82) is 0 Å². The lowest BCUT2D eigenvalue weighted by atomic mass is 9.55. The van der Waals surface area contributed by atoms with Crippen LogP contribution in [0.1, 0.15) is 40.5 Å². The first-order chi connectivity index (χ1) is 11.1. The second-order valence-electron chi connectivity index (χ2n) is 8.39. The van der Waals surface area contributed by atoms with Crippen LogP contribution in [0.5, 0.6) is 0 Å². The van der Waals surface area contributed by atoms with Gasteiger partial charge in [0, 0.05) is 5.41 Å². The van der Waals surface area contributed by atoms with Crippen LogP contribution in [0, 0.1) is 11.3 Å². The summed E-state index contributed by atoms with van der Waals surface area (Å²) < 4.78 is 17.8. The Morgan fingerprint density at radius 3 is 2.62 bits per heavy atom. The molecule has 6 unspecified atom stereocenters. The van der Waals surface area contributed by atoms with E-state index in [0.29, 0.717) is 12.8 Å². The van der Waals surface area contributed by atoms with Gasteiger partial charge in [-0.1, -0.05) is 19.4 Å². The van der Waals surface area contributed by atoms with Crippen LogP contribution in [0.4, 0.5) is 0 Å². The molecular formula is C18H26O6. The third-order valence-corrected chi connectivity index (χ3v) is 6.78. The van der Waals surface area contributed by atoms with Crippen molar-refractivity contribution in [3.63, 3.8) is 0 Å². The van der Waals surface area contributed by atoms with E-state index in [9.17, 15) is 15.0 Å². The van der Waals surface area contributed by atoms with Gasteiger partial charge in [-0.2, -0.15) is 0 Å². The Hall–Kier alpha value is -0.790. The highest BCUT2D eigenvalue weighted by Crippen LogP contribution is 2.66. The van der Waals surface area contributed by atoms with Crippen LogP contribution in [0.15, 0.2) is 11.6 Å². The molecule has 0 aromatic rings. The predicted octanol–water partition coefficient (Wildman–Crippen LogP) is 0.944. The number of fused-ring (bicyclic) bond motifs is 3. The van der Waals surface area contributed by atoms with Gasteiger partial charge >= 0.3 is 0 Å². The second kappa shape index (κ2) is 4.68. The van der Waals surface area contributed by atoms with E-state index in [-0.39, 0.29) is 24.9 Å². The van der Waals surface area contributed by atoms with Crippen LogP contribution in [0.2, 0.25) is 0 Å². The van der Waals surface area contributed by atoms with Gasteiger partial charge in [0.25, 0.3) is 0 Å². The number of aliphatic hydroxyl groups excluding tert-OH is 2. The van der Waals surface area contributed by atoms with E-state index in [4.69, 9.17) is 14.2 Å². The molecule has 24 heavy (non-hydrogen) atoms. The third-order valence-electron chi connectivity index (χ3n) is 6.78. The van der Waals surface area contributed by atoms with Gasteiger partial charge in [-0.25, -0.2) is 0 Å². The average Bonchev–Trinajstić information content (AvgIpc) is 3.23. The number of ketones is 1. The molecule has 2 N–H and O–H groups in total. The maximum Gasteiger partial charge on any atom is 0.193 e. The lowest BCUT2D eigenvalue weighted by molar-refractivity contribution is -0.187. The molecule has 6 nitrogen and oxygen atoms in total. The fraction of sp³-hybridized carbons (Fsp3) is 0.833. The number of epoxide rings is 1. The zero-order valence-electron chi connectivity index (χ0n) is 14.7. The molecule has 2 aliphatic carbocycles. The van der Waals surface area contributed by atoms with Crippen molar-refractivity contribution >= 4 is 5.78 Å². The van der Waals surface area contributed by atoms with Gasteiger partial charge in [0.2, 0.25) is 0 Å². The summed E-state index contributed by atoms with van der Waals surface area (Å²) in [4.78, 5) is 13.0. The van der Waals surface area contributed by atoms with Crippen molar-refractivity contribution in [2.75, 3.05) is 13.2 Å². The zero-order chi connectivity index (χ0) is 17.5. The van der Waals surface area contributed by atoms with Crippen LogP contribution in [0.25, 0.3) is 0 Å². The summed E-state index contributed by atoms with van der Waals surface area (Å²) in [5, 5.41) is 20.5. The summed E-state index contributed by atoms with van der Waals surface area (Å²) in [7, 11) is 0. The van der Waals surface area contributed by atoms with E-state index >= 15 is 0 Å². The molecule has 2 heterocycles. The normalized spacial score (nSPS) is 52.5. The molecule has 2 aliphatic heterocycles. The minimum absolute atomic E-state index is 0.0384. The van der Waals surface area contributed by atoms with E-state index in [0.717, 1.165) is 5.57 Å². The minimum atomic E-state index is -1.22. The highest BCUT2D eigenvalue weighted by Gasteiger charge is 2.82. The Morgan fingerprint density at radius 2 is 2.04 bits per heavy atom. The van der Waals surface area contributed by atoms with Gasteiger partial charge in [-0.15, -0.1) is 0 Å². The molecule has 0 spiro atoms. The summed E-state index contributed by atoms with van der Waals surface area (Å²) >= 11 is 0. The summed E-state index contributed by atoms with van der Waals surface area (Å²) in [6.45, 7) is 7.34. The molecule has 3 fully saturated rings. The molecule has 0 radical (unpaired) electrons. The van der Waals surface area contributed by atoms with E-state index in [1.807, 2.05) is 6.92 Å². The molecule has 6 heteroatoms. The maximum atomic E-state index is 13.0. The largest absolute Gasteiger partial charge is 0.393 e. The topological polar surface area (TPSA) is 88.5 Å². The average molecular weight is 338 g/mol. The molecule has 0 amide bonds. The minimum Gasteiger partial charge on any atom is -0.393 e. The van der Waals surface area contributed by atoms with E-state index < -0.39 is 34.6 Å². The van der Waals surface area contributed by atoms with Gasteiger partial charge in [0.15, 0.2) is 22.8 Å². The first kappa shape index (κ1) is 16.7. The van der Waals surface area contributed by atoms with Crippen molar-refractivity contribution < 1.29 is 29.2 Å². The predicted molar refractivity (Wildman–Crippen MR) is 84.1 cm³/mol. The molecule has 0 bridgehead atoms. The second-order valence-corrected chi connectivity index (χ2v) is 8.39. The summed E-state index contributed by atoms with van der Waals surface area (Å²) in [5.74, 6) is -1.07. The fourth-order valence-corrected chi connectivity index (χ4v) is 5.07. The van der Waals surface area contributed by atoms with Crippen LogP contribution in [-0.4, -0.2) is 58.4 Å². The number of hydrogen-bond donors (Lipinski definition) is 2. The first-order valence-corrected chi connectivity index (χ1v) is 8.69. The van der Waals surface area contributed by atoms with E-state index in [1.165, 1.54) is 0 Å². The Kier molecular flexibility index (Phi) is 3.25. The fourth-order valence-electron chi connectivity index (χ4n) is 5.07. The molecule has 2 saturated heterocycles. The summed E-state index contributed by atoms with van der Waals surface area (Å²) in [6, 6.07) is 0. The quantitative estimate of drug-likeness (QED) is 0.729. The number of carbonyl (C=O) groups is 1. The maximum absolute atomic E-state index is 13.0. The Labute approximate surface area is 141 Å². The molecule has 6 atom stereocenters. The third kappa shape index (κ3) is 1.76. The van der Waals surface area contributed by atoms with Crippen molar-refractivity contribution in [2.24, 2.45) is 11.3 Å². The first-order valence-electron chi connectivity index (χ1n) is 8.69. The lowest BCUT2D eigenvalue weighted by Crippen LogP contribution is -2.61. The van der Waals surface area contributed by atoms with Crippen molar-refractivity contribution in [2.45, 2.75) is 69.7 Å². The number of carbonyl (C=O) groups excluding carboxylic acids is 1. The number of aliphatic hydroxyl groups is 2. The number of hydrogen-bond acceptors (Lipinski definition) is 6. The molecule has 1 saturated carbocycles. The van der Waals surface area contributed by atoms with Gasteiger partial charge in [0.1, 0.15) is 6.10 Å². The van der Waals surface area contributed by atoms with Gasteiger partial charge < -0.3 is 24.4 Å². The molecular weight excluding hydrogens is 312 g/mol. The van der Waals surface area contributed by atoms with Crippen molar-refractivity contribution in [1.82, 2.24) is 0 Å². The summed E-state index contributed by atoms with van der Waals surface area (Å²) in [5.41, 5.74) is -1.83. The highest BCUT2D eigenvalue weighted by atomic mass is 16.8. The lowest BCUT2D eigenvalue weighted by Gasteiger charge is -2.47. The van der Waals surface area contributed by atoms with Gasteiger partial charge in [-0.3, -0.25) is 4.79 Å². The highest BCUT2D eigenvalue weighted by molar-refractivity contribution is 6.03. The van der Waals surface area contributed by atoms with Crippen molar-refractivity contribution in [3.8, 4) is 0 Å². The Bertz CT molecular complexity index is 627. The van der Waals surface area contributed by atoms with E-state index in [2.05, 4.69) is 6.92 Å². The molecule has 0 aromatic heterocycles. The number of rotatable bonds is 2. The van der Waals surface area contributed by atoms with Crippen LogP contribution >= 0.6 is 0 Å². The molecule has 4 rings (SSSR count). The molecule has 4 aliphatic rings. The SMILES string of the molecule is CC1C(O)CCC2=CC(=O)C3(C4(CO)COC(C)(C)O4)OC3C21C. The molecule has 134 valence electrons. The van der Waals surface area contributed by atoms with Gasteiger partial charge in [0.05, 0.1) is 19.3 Å². The van der Waals surface area contributed by atoms with Crippen LogP contribution in [-0.2, 0) is 19.0 Å².